The number of nitrogens with zero attached hydrogens (tertiary/aromatic N) is 4. The van der Waals surface area contributed by atoms with Crippen molar-refractivity contribution in [1.82, 2.24) is 19.1 Å². The minimum Gasteiger partial charge on any atom is -0.402 e. The highest BCUT2D eigenvalue weighted by atomic mass is 28.4. The van der Waals surface area contributed by atoms with Crippen molar-refractivity contribution < 1.29 is 14.0 Å². The van der Waals surface area contributed by atoms with Gasteiger partial charge in [0.2, 0.25) is 11.9 Å². The number of carbonyl (C=O) groups is 1. The topological polar surface area (TPSA) is 100 Å². The zero-order valence-corrected chi connectivity index (χ0v) is 24.5. The summed E-state index contributed by atoms with van der Waals surface area (Å²) < 4.78 is 17.8. The summed E-state index contributed by atoms with van der Waals surface area (Å²) >= 11 is 0. The monoisotopic (exact) mass is 557 g/mol. The molecule has 2 aliphatic heterocycles. The van der Waals surface area contributed by atoms with Gasteiger partial charge < -0.3 is 9.16 Å². The number of carbonyl (C=O) groups excluding carboxylic acids is 1. The molecule has 0 unspecified atom stereocenters. The molecule has 1 N–H and O–H groups in total. The molecule has 2 aliphatic rings. The van der Waals surface area contributed by atoms with Crippen molar-refractivity contribution in [2.45, 2.75) is 71.1 Å². The Balaban J connectivity index is 1.46. The van der Waals surface area contributed by atoms with E-state index in [4.69, 9.17) is 9.16 Å². The van der Waals surface area contributed by atoms with Gasteiger partial charge in [-0.15, -0.1) is 0 Å². The second-order valence-corrected chi connectivity index (χ2v) is 16.3. The summed E-state index contributed by atoms with van der Waals surface area (Å²) in [4.78, 5) is 34.1. The molecule has 2 aromatic heterocycles. The number of anilines is 1. The first kappa shape index (κ1) is 26.6. The van der Waals surface area contributed by atoms with Gasteiger partial charge in [-0.2, -0.15) is 4.98 Å². The van der Waals surface area contributed by atoms with E-state index in [2.05, 4.69) is 84.6 Å². The van der Waals surface area contributed by atoms with Crippen LogP contribution in [0.5, 0.6) is 0 Å². The van der Waals surface area contributed by atoms with Crippen molar-refractivity contribution in [3.63, 3.8) is 0 Å². The molecule has 4 heterocycles. The SMILES string of the molecule is CC(C)C(=O)Nc1nc(=O)c2ncn3c2n1C[C@H]1O[C@@H]3C[C@@H]1O[Si](c1ccccc1)(c1ccccc1)C(C)(C)C. The third kappa shape index (κ3) is 4.22. The third-order valence-electron chi connectivity index (χ3n) is 8.05. The van der Waals surface area contributed by atoms with Crippen LogP contribution in [-0.4, -0.2) is 45.5 Å². The van der Waals surface area contributed by atoms with Crippen molar-refractivity contribution in [3.8, 4) is 0 Å². The number of rotatable bonds is 6. The summed E-state index contributed by atoms with van der Waals surface area (Å²) in [5.41, 5.74) is 0.403. The van der Waals surface area contributed by atoms with Gasteiger partial charge in [-0.1, -0.05) is 95.3 Å². The Kier molecular flexibility index (Phi) is 6.51. The lowest BCUT2D eigenvalue weighted by Crippen LogP contribution is -2.68. The summed E-state index contributed by atoms with van der Waals surface area (Å²) in [6, 6.07) is 21.1. The zero-order chi connectivity index (χ0) is 28.2. The highest BCUT2D eigenvalue weighted by Gasteiger charge is 2.54. The van der Waals surface area contributed by atoms with Crippen LogP contribution in [0.2, 0.25) is 5.04 Å². The summed E-state index contributed by atoms with van der Waals surface area (Å²) in [5, 5.41) is 5.07. The number of ether oxygens (including phenoxy) is 1. The van der Waals surface area contributed by atoms with Crippen molar-refractivity contribution in [2.75, 3.05) is 5.32 Å². The van der Waals surface area contributed by atoms with Crippen LogP contribution >= 0.6 is 0 Å². The van der Waals surface area contributed by atoms with E-state index in [1.165, 1.54) is 10.4 Å². The van der Waals surface area contributed by atoms with Crippen LogP contribution in [0.15, 0.2) is 71.8 Å². The number of imidazole rings is 1. The molecule has 10 heteroatoms. The predicted octanol–water partition coefficient (Wildman–Crippen LogP) is 3.43. The molecule has 40 heavy (non-hydrogen) atoms. The van der Waals surface area contributed by atoms with Crippen molar-refractivity contribution in [2.24, 2.45) is 5.92 Å². The second-order valence-electron chi connectivity index (χ2n) is 12.0. The van der Waals surface area contributed by atoms with Gasteiger partial charge in [0, 0.05) is 12.3 Å². The van der Waals surface area contributed by atoms with E-state index in [1.807, 2.05) is 21.3 Å². The minimum absolute atomic E-state index is 0.189. The van der Waals surface area contributed by atoms with E-state index in [0.717, 1.165) is 0 Å². The fraction of sp³-hybridized carbons (Fsp3) is 0.400. The molecule has 0 radical (unpaired) electrons. The van der Waals surface area contributed by atoms with E-state index >= 15 is 0 Å². The highest BCUT2D eigenvalue weighted by Crippen LogP contribution is 2.43. The van der Waals surface area contributed by atoms with E-state index in [0.29, 0.717) is 18.6 Å². The van der Waals surface area contributed by atoms with Crippen LogP contribution in [0, 0.1) is 5.92 Å². The van der Waals surface area contributed by atoms with Crippen molar-refractivity contribution in [1.29, 1.82) is 0 Å². The number of fused-ring (bicyclic) bond motifs is 3. The molecule has 4 aromatic rings. The molecule has 9 nitrogen and oxygen atoms in total. The average Bonchev–Trinajstić information content (AvgIpc) is 3.49. The minimum atomic E-state index is -2.84. The Hall–Kier alpha value is -3.60. The number of aromatic nitrogens is 4. The molecular weight excluding hydrogens is 522 g/mol. The van der Waals surface area contributed by atoms with Gasteiger partial charge in [0.05, 0.1) is 19.0 Å². The summed E-state index contributed by atoms with van der Waals surface area (Å²) in [7, 11) is -2.84. The standard InChI is InChI=1S/C30H35N5O4Si/c1-19(2)26(36)32-29-33-27(37)25-28-34(29)17-23-22(16-24(38-23)35(28)18-31-25)39-40(30(3,4)5,20-12-8-6-9-13-20)21-14-10-7-11-15-21/h6-15,18-19,22-24H,16-17H2,1-5H3,(H,32,33,36,37)/t22-,23+,24+/m0/s1. The molecule has 6 rings (SSSR count). The molecule has 3 atom stereocenters. The quantitative estimate of drug-likeness (QED) is 0.365. The number of hydrogen-bond donors (Lipinski definition) is 1. The average molecular weight is 558 g/mol. The smallest absolute Gasteiger partial charge is 0.302 e. The molecule has 2 bridgehead atoms. The fourth-order valence-corrected chi connectivity index (χ4v) is 10.8. The van der Waals surface area contributed by atoms with Gasteiger partial charge in [-0.25, -0.2) is 4.98 Å². The Bertz CT molecular complexity index is 1570. The normalized spacial score (nSPS) is 20.6. The molecule has 0 spiro atoms. The van der Waals surface area contributed by atoms with Crippen LogP contribution in [-0.2, 0) is 20.5 Å². The van der Waals surface area contributed by atoms with Gasteiger partial charge in [0.1, 0.15) is 12.3 Å². The molecule has 1 amide bonds. The summed E-state index contributed by atoms with van der Waals surface area (Å²) in [5.74, 6) is -0.273. The Morgan fingerprint density at radius 3 is 2.27 bits per heavy atom. The van der Waals surface area contributed by atoms with E-state index in [1.54, 1.807) is 20.2 Å². The molecule has 2 aromatic carbocycles. The van der Waals surface area contributed by atoms with Crippen LogP contribution in [0.4, 0.5) is 5.95 Å². The zero-order valence-electron chi connectivity index (χ0n) is 23.5. The second kappa shape index (κ2) is 9.79. The van der Waals surface area contributed by atoms with Crippen molar-refractivity contribution in [3.05, 3.63) is 77.3 Å². The lowest BCUT2D eigenvalue weighted by atomic mass is 10.1. The first-order valence-corrected chi connectivity index (χ1v) is 15.7. The number of benzene rings is 2. The number of hydrogen-bond acceptors (Lipinski definition) is 6. The Labute approximate surface area is 234 Å². The van der Waals surface area contributed by atoms with E-state index in [-0.39, 0.29) is 46.8 Å². The van der Waals surface area contributed by atoms with Crippen molar-refractivity contribution >= 4 is 41.7 Å². The van der Waals surface area contributed by atoms with Crippen LogP contribution in [0.1, 0.15) is 47.3 Å². The first-order chi connectivity index (χ1) is 19.1. The Morgan fingerprint density at radius 1 is 1.07 bits per heavy atom. The van der Waals surface area contributed by atoms with Crippen LogP contribution < -0.4 is 21.2 Å². The van der Waals surface area contributed by atoms with Gasteiger partial charge in [-0.3, -0.25) is 24.0 Å². The first-order valence-electron chi connectivity index (χ1n) is 13.8. The maximum Gasteiger partial charge on any atom is 0.302 e. The molecule has 0 saturated carbocycles. The summed E-state index contributed by atoms with van der Waals surface area (Å²) in [6.07, 6.45) is 1.33. The van der Waals surface area contributed by atoms with Crippen LogP contribution in [0.3, 0.4) is 0 Å². The fourth-order valence-electron chi connectivity index (χ4n) is 6.07. The largest absolute Gasteiger partial charge is 0.402 e. The lowest BCUT2D eigenvalue weighted by molar-refractivity contribution is -0.119. The van der Waals surface area contributed by atoms with E-state index < -0.39 is 13.9 Å². The highest BCUT2D eigenvalue weighted by molar-refractivity contribution is 6.99. The van der Waals surface area contributed by atoms with Gasteiger partial charge in [0.15, 0.2) is 11.2 Å². The van der Waals surface area contributed by atoms with Crippen LogP contribution in [0.25, 0.3) is 11.2 Å². The molecular formula is C30H35N5O4Si. The van der Waals surface area contributed by atoms with Gasteiger partial charge in [0.25, 0.3) is 8.32 Å². The predicted molar refractivity (Wildman–Crippen MR) is 156 cm³/mol. The number of amides is 1. The van der Waals surface area contributed by atoms with Gasteiger partial charge in [-0.05, 0) is 15.4 Å². The maximum atomic E-state index is 12.8. The number of nitrogens with one attached hydrogen (secondary N) is 1. The van der Waals surface area contributed by atoms with Gasteiger partial charge >= 0.3 is 5.56 Å². The third-order valence-corrected chi connectivity index (χ3v) is 13.1. The van der Waals surface area contributed by atoms with E-state index in [9.17, 15) is 9.59 Å². The molecule has 0 aliphatic carbocycles. The molecule has 1 fully saturated rings. The molecule has 208 valence electrons. The lowest BCUT2D eigenvalue weighted by Gasteiger charge is -2.45. The Morgan fingerprint density at radius 2 is 1.70 bits per heavy atom. The molecule has 1 saturated heterocycles. The summed E-state index contributed by atoms with van der Waals surface area (Å²) in [6.45, 7) is 10.7. The maximum absolute atomic E-state index is 12.8.